The first kappa shape index (κ1) is 24.9. The van der Waals surface area contributed by atoms with E-state index in [0.717, 1.165) is 51.9 Å². The lowest BCUT2D eigenvalue weighted by molar-refractivity contribution is 0.0468. The number of likely N-dealkylation sites (N-methyl/N-ethyl adjacent to an activating group) is 1. The van der Waals surface area contributed by atoms with Crippen LogP contribution in [0.3, 0.4) is 0 Å². The van der Waals surface area contributed by atoms with Crippen molar-refractivity contribution in [2.75, 3.05) is 60.1 Å². The van der Waals surface area contributed by atoms with Gasteiger partial charge in [0.2, 0.25) is 0 Å². The molecule has 1 aliphatic carbocycles. The van der Waals surface area contributed by atoms with E-state index >= 15 is 0 Å². The number of nitrogens with zero attached hydrogens (tertiary/aromatic N) is 2. The molecule has 0 spiro atoms. The Morgan fingerprint density at radius 2 is 1.80 bits per heavy atom. The van der Waals surface area contributed by atoms with Crippen molar-refractivity contribution in [3.63, 3.8) is 0 Å². The van der Waals surface area contributed by atoms with Crippen LogP contribution in [-0.2, 0) is 9.47 Å². The number of ether oxygens (including phenoxy) is 2. The van der Waals surface area contributed by atoms with Crippen LogP contribution in [0.2, 0.25) is 0 Å². The molecule has 6 nitrogen and oxygen atoms in total. The lowest BCUT2D eigenvalue weighted by Crippen LogP contribution is -2.40. The van der Waals surface area contributed by atoms with Gasteiger partial charge in [0.05, 0.1) is 25.9 Å². The highest BCUT2D eigenvalue weighted by Gasteiger charge is 2.12. The largest absolute Gasteiger partial charge is 0.383 e. The average molecular weight is 470 g/mol. The van der Waals surface area contributed by atoms with Gasteiger partial charge in [-0.2, -0.15) is 0 Å². The number of rotatable bonds is 11. The van der Waals surface area contributed by atoms with Crippen LogP contribution in [0.5, 0.6) is 0 Å². The number of hydrogen-bond donors (Lipinski definition) is 2. The highest BCUT2D eigenvalue weighted by Crippen LogP contribution is 2.19. The van der Waals surface area contributed by atoms with Crippen LogP contribution in [0.15, 0.2) is 4.99 Å². The number of halogens is 1. The Hall–Kier alpha value is -0.120. The number of guanidine groups is 1. The Morgan fingerprint density at radius 3 is 2.44 bits per heavy atom. The summed E-state index contributed by atoms with van der Waals surface area (Å²) in [6.07, 6.45) is 8.28. The Kier molecular flexibility index (Phi) is 17.2. The molecule has 1 rings (SSSR count). The Morgan fingerprint density at radius 1 is 1.08 bits per heavy atom. The zero-order chi connectivity index (χ0) is 17.5. The van der Waals surface area contributed by atoms with E-state index in [-0.39, 0.29) is 24.0 Å². The normalized spacial score (nSPS) is 16.4. The summed E-state index contributed by atoms with van der Waals surface area (Å²) >= 11 is 0. The van der Waals surface area contributed by atoms with Crippen LogP contribution in [0.25, 0.3) is 0 Å². The first-order chi connectivity index (χ1) is 11.8. The summed E-state index contributed by atoms with van der Waals surface area (Å²) in [6, 6.07) is 0. The van der Waals surface area contributed by atoms with Crippen LogP contribution >= 0.6 is 24.0 Å². The smallest absolute Gasteiger partial charge is 0.191 e. The Labute approximate surface area is 171 Å². The van der Waals surface area contributed by atoms with Gasteiger partial charge in [-0.25, -0.2) is 0 Å². The van der Waals surface area contributed by atoms with Gasteiger partial charge >= 0.3 is 0 Å². The molecule has 0 bridgehead atoms. The number of methoxy groups -OCH3 is 1. The quantitative estimate of drug-likeness (QED) is 0.160. The van der Waals surface area contributed by atoms with E-state index in [4.69, 9.17) is 9.47 Å². The lowest BCUT2D eigenvalue weighted by Gasteiger charge is -2.17. The van der Waals surface area contributed by atoms with Gasteiger partial charge in [0, 0.05) is 33.3 Å². The topological polar surface area (TPSA) is 58.1 Å². The summed E-state index contributed by atoms with van der Waals surface area (Å²) in [6.45, 7) is 7.92. The molecule has 0 unspecified atom stereocenters. The molecule has 7 heteroatoms. The third-order valence-corrected chi connectivity index (χ3v) is 4.32. The molecule has 0 saturated heterocycles. The van der Waals surface area contributed by atoms with Crippen molar-refractivity contribution < 1.29 is 9.47 Å². The third-order valence-electron chi connectivity index (χ3n) is 4.32. The highest BCUT2D eigenvalue weighted by molar-refractivity contribution is 14.0. The van der Waals surface area contributed by atoms with Crippen molar-refractivity contribution in [1.29, 1.82) is 0 Å². The van der Waals surface area contributed by atoms with Gasteiger partial charge < -0.3 is 25.0 Å². The molecule has 0 amide bonds. The van der Waals surface area contributed by atoms with Gasteiger partial charge in [0.1, 0.15) is 0 Å². The number of nitrogens with one attached hydrogen (secondary N) is 2. The molecule has 1 aliphatic rings. The van der Waals surface area contributed by atoms with Crippen LogP contribution in [0.1, 0.15) is 45.4 Å². The lowest BCUT2D eigenvalue weighted by atomic mass is 10.1. The first-order valence-corrected chi connectivity index (χ1v) is 9.57. The van der Waals surface area contributed by atoms with Gasteiger partial charge in [0.15, 0.2) is 5.96 Å². The third kappa shape index (κ3) is 13.7. The zero-order valence-electron chi connectivity index (χ0n) is 16.4. The van der Waals surface area contributed by atoms with E-state index in [1.165, 1.54) is 38.5 Å². The van der Waals surface area contributed by atoms with Gasteiger partial charge in [0.25, 0.3) is 0 Å². The van der Waals surface area contributed by atoms with E-state index in [9.17, 15) is 0 Å². The second-order valence-electron chi connectivity index (χ2n) is 6.47. The summed E-state index contributed by atoms with van der Waals surface area (Å²) < 4.78 is 11.1. The molecule has 1 fully saturated rings. The predicted molar refractivity (Wildman–Crippen MR) is 116 cm³/mol. The molecule has 0 radical (unpaired) electrons. The van der Waals surface area contributed by atoms with Crippen LogP contribution < -0.4 is 10.6 Å². The van der Waals surface area contributed by atoms with Crippen molar-refractivity contribution in [1.82, 2.24) is 15.5 Å². The SMILES string of the molecule is CCNC(=NCCN(C)CCOC)NCCOC1CCCCCC1.I. The molecule has 0 aromatic heterocycles. The minimum absolute atomic E-state index is 0. The molecule has 0 aliphatic heterocycles. The summed E-state index contributed by atoms with van der Waals surface area (Å²) in [5, 5.41) is 6.65. The number of hydrogen-bond acceptors (Lipinski definition) is 4. The Balaban J connectivity index is 0.00000576. The molecule has 0 atom stereocenters. The van der Waals surface area contributed by atoms with E-state index < -0.39 is 0 Å². The van der Waals surface area contributed by atoms with Gasteiger partial charge in [-0.15, -0.1) is 24.0 Å². The average Bonchev–Trinajstić information content (AvgIpc) is 2.85. The van der Waals surface area contributed by atoms with E-state index in [1.807, 2.05) is 0 Å². The van der Waals surface area contributed by atoms with Crippen molar-refractivity contribution >= 4 is 29.9 Å². The van der Waals surface area contributed by atoms with Crippen LogP contribution in [-0.4, -0.2) is 77.1 Å². The molecular formula is C18H39IN4O2. The molecule has 150 valence electrons. The maximum Gasteiger partial charge on any atom is 0.191 e. The maximum absolute atomic E-state index is 6.01. The van der Waals surface area contributed by atoms with E-state index in [1.54, 1.807) is 7.11 Å². The van der Waals surface area contributed by atoms with Crippen molar-refractivity contribution in [3.05, 3.63) is 0 Å². The molecule has 0 aromatic rings. The maximum atomic E-state index is 6.01. The van der Waals surface area contributed by atoms with Crippen LogP contribution in [0, 0.1) is 0 Å². The second kappa shape index (κ2) is 17.3. The zero-order valence-corrected chi connectivity index (χ0v) is 18.7. The van der Waals surface area contributed by atoms with Crippen molar-refractivity contribution in [2.24, 2.45) is 4.99 Å². The van der Waals surface area contributed by atoms with E-state index in [0.29, 0.717) is 6.10 Å². The summed E-state index contributed by atoms with van der Waals surface area (Å²) in [7, 11) is 3.83. The first-order valence-electron chi connectivity index (χ1n) is 9.57. The predicted octanol–water partition coefficient (Wildman–Crippen LogP) is 2.48. The second-order valence-corrected chi connectivity index (χ2v) is 6.47. The standard InChI is InChI=1S/C18H38N4O2.HI/c1-4-19-18(20-11-13-22(2)14-16-23-3)21-12-15-24-17-9-7-5-6-8-10-17;/h17H,4-16H2,1-3H3,(H2,19,20,21);1H. The molecule has 1 saturated carbocycles. The molecule has 2 N–H and O–H groups in total. The minimum atomic E-state index is 0. The molecule has 0 heterocycles. The fraction of sp³-hybridized carbons (Fsp3) is 0.944. The molecule has 0 aromatic carbocycles. The monoisotopic (exact) mass is 470 g/mol. The van der Waals surface area contributed by atoms with Crippen molar-refractivity contribution in [3.8, 4) is 0 Å². The summed E-state index contributed by atoms with van der Waals surface area (Å²) in [5.41, 5.74) is 0. The van der Waals surface area contributed by atoms with Gasteiger partial charge in [-0.3, -0.25) is 4.99 Å². The summed E-state index contributed by atoms with van der Waals surface area (Å²) in [5.74, 6) is 0.877. The van der Waals surface area contributed by atoms with E-state index in [2.05, 4.69) is 34.5 Å². The molecule has 25 heavy (non-hydrogen) atoms. The number of aliphatic imine (C=N–C) groups is 1. The van der Waals surface area contributed by atoms with Gasteiger partial charge in [-0.1, -0.05) is 25.7 Å². The van der Waals surface area contributed by atoms with Gasteiger partial charge in [-0.05, 0) is 26.8 Å². The van der Waals surface area contributed by atoms with Crippen LogP contribution in [0.4, 0.5) is 0 Å². The summed E-state index contributed by atoms with van der Waals surface area (Å²) in [4.78, 5) is 6.85. The van der Waals surface area contributed by atoms with Crippen molar-refractivity contribution in [2.45, 2.75) is 51.6 Å². The highest BCUT2D eigenvalue weighted by atomic mass is 127. The fourth-order valence-electron chi connectivity index (χ4n) is 2.84. The minimum Gasteiger partial charge on any atom is -0.383 e. The molecular weight excluding hydrogens is 431 g/mol. The Bertz CT molecular complexity index is 324. The fourth-order valence-corrected chi connectivity index (χ4v) is 2.84.